The quantitative estimate of drug-likeness (QED) is 0.487. The predicted octanol–water partition coefficient (Wildman–Crippen LogP) is 4.11. The number of esters is 1. The third kappa shape index (κ3) is 6.16. The molecule has 2 heterocycles. The van der Waals surface area contributed by atoms with Crippen molar-refractivity contribution in [2.75, 3.05) is 18.8 Å². The summed E-state index contributed by atoms with van der Waals surface area (Å²) in [6, 6.07) is 15.1. The molecule has 3 N–H and O–H groups in total. The maximum atomic E-state index is 12.8. The van der Waals surface area contributed by atoms with Gasteiger partial charge in [0, 0.05) is 24.2 Å². The van der Waals surface area contributed by atoms with Gasteiger partial charge in [0.2, 0.25) is 0 Å². The van der Waals surface area contributed by atoms with Gasteiger partial charge in [0.1, 0.15) is 11.6 Å². The van der Waals surface area contributed by atoms with Crippen LogP contribution in [0.15, 0.2) is 48.5 Å². The van der Waals surface area contributed by atoms with Crippen molar-refractivity contribution >= 4 is 11.7 Å². The average molecular weight is 469 g/mol. The van der Waals surface area contributed by atoms with E-state index < -0.39 is 11.9 Å². The summed E-state index contributed by atoms with van der Waals surface area (Å²) in [5.74, 6) is -0.166. The lowest BCUT2D eigenvalue weighted by Crippen LogP contribution is -2.45. The van der Waals surface area contributed by atoms with Gasteiger partial charge < -0.3 is 25.1 Å². The predicted molar refractivity (Wildman–Crippen MR) is 130 cm³/mol. The Balaban J connectivity index is 1.53. The number of carbonyl (C=O) groups excluding carboxylic acids is 1. The molecule has 2 aromatic carbocycles. The van der Waals surface area contributed by atoms with E-state index in [-0.39, 0.29) is 30.8 Å². The summed E-state index contributed by atoms with van der Waals surface area (Å²) in [7, 11) is 0. The van der Waals surface area contributed by atoms with Gasteiger partial charge in [-0.3, -0.25) is 9.69 Å². The van der Waals surface area contributed by atoms with Gasteiger partial charge >= 0.3 is 5.97 Å². The van der Waals surface area contributed by atoms with Crippen molar-refractivity contribution in [1.29, 1.82) is 0 Å². The molecule has 4 rings (SSSR count). The maximum Gasteiger partial charge on any atom is 0.323 e. The monoisotopic (exact) mass is 468 g/mol. The van der Waals surface area contributed by atoms with Gasteiger partial charge in [0.05, 0.1) is 18.8 Å². The van der Waals surface area contributed by atoms with Crippen molar-refractivity contribution in [2.45, 2.75) is 76.8 Å². The molecule has 2 aliphatic rings. The second kappa shape index (κ2) is 10.4. The SMILES string of the molecule is CC(C)(C)OC(=O)[C@@H]1CCCN1C[C@@H]1C[C@H](c2ccc(CO)cc2)O[C@H](c2cccc(N)c2)O1. The van der Waals surface area contributed by atoms with Gasteiger partial charge in [0.15, 0.2) is 6.29 Å². The molecule has 0 saturated carbocycles. The third-order valence-electron chi connectivity index (χ3n) is 6.28. The molecule has 184 valence electrons. The number of benzene rings is 2. The fourth-order valence-corrected chi connectivity index (χ4v) is 4.68. The van der Waals surface area contributed by atoms with Gasteiger partial charge in [0.25, 0.3) is 0 Å². The molecular weight excluding hydrogens is 432 g/mol. The van der Waals surface area contributed by atoms with Crippen molar-refractivity contribution < 1.29 is 24.1 Å². The Hall–Kier alpha value is -2.45. The van der Waals surface area contributed by atoms with E-state index in [9.17, 15) is 9.90 Å². The fourth-order valence-electron chi connectivity index (χ4n) is 4.68. The molecule has 0 amide bonds. The van der Waals surface area contributed by atoms with Gasteiger partial charge in [-0.05, 0) is 63.4 Å². The Morgan fingerprint density at radius 3 is 2.59 bits per heavy atom. The molecule has 2 fully saturated rings. The number of aliphatic hydroxyl groups is 1. The minimum absolute atomic E-state index is 0.00444. The van der Waals surface area contributed by atoms with Crippen LogP contribution in [0.3, 0.4) is 0 Å². The second-order valence-corrected chi connectivity index (χ2v) is 10.2. The molecule has 0 unspecified atom stereocenters. The first-order valence-corrected chi connectivity index (χ1v) is 12.0. The Kier molecular flexibility index (Phi) is 7.57. The Labute approximate surface area is 201 Å². The molecule has 7 nitrogen and oxygen atoms in total. The number of anilines is 1. The van der Waals surface area contributed by atoms with Gasteiger partial charge in [-0.1, -0.05) is 36.4 Å². The van der Waals surface area contributed by atoms with Crippen molar-refractivity contribution in [1.82, 2.24) is 4.90 Å². The Morgan fingerprint density at radius 1 is 1.15 bits per heavy atom. The average Bonchev–Trinajstić information content (AvgIpc) is 3.26. The van der Waals surface area contributed by atoms with E-state index in [1.807, 2.05) is 69.3 Å². The van der Waals surface area contributed by atoms with E-state index in [4.69, 9.17) is 19.9 Å². The van der Waals surface area contributed by atoms with Crippen LogP contribution < -0.4 is 5.73 Å². The highest BCUT2D eigenvalue weighted by molar-refractivity contribution is 5.76. The normalized spacial score (nSPS) is 25.9. The first-order chi connectivity index (χ1) is 16.2. The van der Waals surface area contributed by atoms with Crippen LogP contribution in [0, 0.1) is 0 Å². The van der Waals surface area contributed by atoms with Gasteiger partial charge in [-0.2, -0.15) is 0 Å². The summed E-state index contributed by atoms with van der Waals surface area (Å²) >= 11 is 0. The number of likely N-dealkylation sites (tertiary alicyclic amines) is 1. The largest absolute Gasteiger partial charge is 0.459 e. The van der Waals surface area contributed by atoms with Crippen LogP contribution in [-0.2, 0) is 25.6 Å². The highest BCUT2D eigenvalue weighted by atomic mass is 16.7. The second-order valence-electron chi connectivity index (χ2n) is 10.2. The van der Waals surface area contributed by atoms with Crippen LogP contribution in [0.1, 0.15) is 69.1 Å². The molecule has 0 aliphatic carbocycles. The van der Waals surface area contributed by atoms with Crippen LogP contribution in [0.2, 0.25) is 0 Å². The van der Waals surface area contributed by atoms with E-state index in [1.165, 1.54) is 0 Å². The van der Waals surface area contributed by atoms with Crippen molar-refractivity contribution in [3.8, 4) is 0 Å². The van der Waals surface area contributed by atoms with Crippen molar-refractivity contribution in [3.63, 3.8) is 0 Å². The lowest BCUT2D eigenvalue weighted by molar-refractivity contribution is -0.253. The summed E-state index contributed by atoms with van der Waals surface area (Å²) in [5.41, 5.74) is 8.92. The van der Waals surface area contributed by atoms with Crippen LogP contribution in [0.4, 0.5) is 5.69 Å². The number of carbonyl (C=O) groups is 1. The minimum Gasteiger partial charge on any atom is -0.459 e. The fraction of sp³-hybridized carbons (Fsp3) is 0.519. The molecule has 2 saturated heterocycles. The number of hydrogen-bond donors (Lipinski definition) is 2. The summed E-state index contributed by atoms with van der Waals surface area (Å²) < 4.78 is 18.5. The third-order valence-corrected chi connectivity index (χ3v) is 6.28. The van der Waals surface area contributed by atoms with Crippen LogP contribution in [-0.4, -0.2) is 46.8 Å². The maximum absolute atomic E-state index is 12.8. The smallest absolute Gasteiger partial charge is 0.323 e. The lowest BCUT2D eigenvalue weighted by atomic mass is 9.99. The number of nitrogen functional groups attached to an aromatic ring is 1. The number of aliphatic hydroxyl groups excluding tert-OH is 1. The van der Waals surface area contributed by atoms with E-state index in [2.05, 4.69) is 4.90 Å². The molecule has 0 radical (unpaired) electrons. The first-order valence-electron chi connectivity index (χ1n) is 12.0. The highest BCUT2D eigenvalue weighted by Gasteiger charge is 2.38. The highest BCUT2D eigenvalue weighted by Crippen LogP contribution is 2.39. The number of nitrogens with zero attached hydrogens (tertiary/aromatic N) is 1. The Morgan fingerprint density at radius 2 is 1.91 bits per heavy atom. The number of hydrogen-bond acceptors (Lipinski definition) is 7. The summed E-state index contributed by atoms with van der Waals surface area (Å²) in [4.78, 5) is 15.0. The molecular formula is C27H36N2O5. The van der Waals surface area contributed by atoms with Gasteiger partial charge in [-0.25, -0.2) is 0 Å². The number of rotatable bonds is 6. The minimum atomic E-state index is -0.563. The van der Waals surface area contributed by atoms with Gasteiger partial charge in [-0.15, -0.1) is 0 Å². The number of ether oxygens (including phenoxy) is 3. The zero-order chi connectivity index (χ0) is 24.3. The van der Waals surface area contributed by atoms with Crippen molar-refractivity contribution in [3.05, 3.63) is 65.2 Å². The molecule has 2 aliphatic heterocycles. The Bertz CT molecular complexity index is 972. The molecule has 7 heteroatoms. The van der Waals surface area contributed by atoms with Crippen LogP contribution in [0.25, 0.3) is 0 Å². The summed E-state index contributed by atoms with van der Waals surface area (Å²) in [6.07, 6.45) is 1.54. The van der Waals surface area contributed by atoms with Crippen molar-refractivity contribution in [2.24, 2.45) is 0 Å². The molecule has 0 spiro atoms. The molecule has 0 aromatic heterocycles. The number of nitrogens with two attached hydrogens (primary N) is 1. The standard InChI is InChI=1S/C27H36N2O5/c1-27(2,3)34-25(31)23-8-5-13-29(23)16-22-15-24(19-11-9-18(17-30)10-12-19)33-26(32-22)20-6-4-7-21(28)14-20/h4,6-7,9-12,14,22-24,26,30H,5,8,13,15-17,28H2,1-3H3/t22-,23-,24+,26+/m0/s1. The molecule has 4 atom stereocenters. The van der Waals surface area contributed by atoms with E-state index in [0.717, 1.165) is 36.1 Å². The first kappa shape index (κ1) is 24.7. The molecule has 2 aromatic rings. The zero-order valence-electron chi connectivity index (χ0n) is 20.3. The molecule has 0 bridgehead atoms. The van der Waals surface area contributed by atoms with Crippen LogP contribution in [0.5, 0.6) is 0 Å². The van der Waals surface area contributed by atoms with Crippen LogP contribution >= 0.6 is 0 Å². The molecule has 34 heavy (non-hydrogen) atoms. The van der Waals surface area contributed by atoms with E-state index >= 15 is 0 Å². The summed E-state index contributed by atoms with van der Waals surface area (Å²) in [6.45, 7) is 7.16. The topological polar surface area (TPSA) is 94.2 Å². The summed E-state index contributed by atoms with van der Waals surface area (Å²) in [5, 5.41) is 9.39. The zero-order valence-corrected chi connectivity index (χ0v) is 20.3. The van der Waals surface area contributed by atoms with E-state index in [1.54, 1.807) is 0 Å². The lowest BCUT2D eigenvalue weighted by Gasteiger charge is -2.38. The van der Waals surface area contributed by atoms with E-state index in [0.29, 0.717) is 18.7 Å².